The van der Waals surface area contributed by atoms with Crippen LogP contribution in [-0.2, 0) is 6.42 Å². The van der Waals surface area contributed by atoms with E-state index in [4.69, 9.17) is 4.74 Å². The lowest BCUT2D eigenvalue weighted by Gasteiger charge is -2.07. The first-order chi connectivity index (χ1) is 8.79. The summed E-state index contributed by atoms with van der Waals surface area (Å²) in [6, 6.07) is 7.60. The van der Waals surface area contributed by atoms with E-state index in [-0.39, 0.29) is 5.78 Å². The van der Waals surface area contributed by atoms with Gasteiger partial charge in [0.25, 0.3) is 0 Å². The van der Waals surface area contributed by atoms with Crippen LogP contribution in [-0.4, -0.2) is 22.9 Å². The van der Waals surface area contributed by atoms with E-state index in [0.717, 1.165) is 17.0 Å². The third kappa shape index (κ3) is 1.66. The van der Waals surface area contributed by atoms with Crippen molar-refractivity contribution >= 4 is 5.78 Å². The Bertz CT molecular complexity index is 623. The van der Waals surface area contributed by atoms with Crippen LogP contribution in [0.15, 0.2) is 30.5 Å². The van der Waals surface area contributed by atoms with Gasteiger partial charge in [0, 0.05) is 12.6 Å². The first-order valence-corrected chi connectivity index (χ1v) is 5.82. The Kier molecular flexibility index (Phi) is 2.55. The molecule has 1 aliphatic rings. The van der Waals surface area contributed by atoms with Crippen LogP contribution in [0.5, 0.6) is 5.75 Å². The molecule has 2 aromatic rings. The van der Waals surface area contributed by atoms with Gasteiger partial charge in [-0.25, -0.2) is 9.97 Å². The van der Waals surface area contributed by atoms with Crippen LogP contribution in [0.2, 0.25) is 0 Å². The SMILES string of the molecule is COc1ccccc1-c1ncc2c(n1)CCC2=O. The molecule has 0 bridgehead atoms. The first-order valence-electron chi connectivity index (χ1n) is 5.82. The lowest BCUT2D eigenvalue weighted by Crippen LogP contribution is -1.99. The molecule has 0 atom stereocenters. The summed E-state index contributed by atoms with van der Waals surface area (Å²) in [5, 5.41) is 0. The molecule has 90 valence electrons. The number of aromatic nitrogens is 2. The molecule has 0 saturated carbocycles. The largest absolute Gasteiger partial charge is 0.496 e. The molecule has 1 aromatic carbocycles. The molecule has 0 aliphatic heterocycles. The second-order valence-electron chi connectivity index (χ2n) is 4.18. The zero-order valence-corrected chi connectivity index (χ0v) is 10.0. The average molecular weight is 240 g/mol. The zero-order chi connectivity index (χ0) is 12.5. The van der Waals surface area contributed by atoms with E-state index in [1.54, 1.807) is 13.3 Å². The Morgan fingerprint density at radius 1 is 1.17 bits per heavy atom. The molecule has 0 unspecified atom stereocenters. The fourth-order valence-corrected chi connectivity index (χ4v) is 2.17. The van der Waals surface area contributed by atoms with Crippen LogP contribution in [0, 0.1) is 0 Å². The van der Waals surface area contributed by atoms with Crippen molar-refractivity contribution in [3.8, 4) is 17.1 Å². The number of para-hydroxylation sites is 1. The van der Waals surface area contributed by atoms with Gasteiger partial charge in [-0.15, -0.1) is 0 Å². The molecular weight excluding hydrogens is 228 g/mol. The molecule has 4 heteroatoms. The van der Waals surface area contributed by atoms with Crippen molar-refractivity contribution < 1.29 is 9.53 Å². The number of ether oxygens (including phenoxy) is 1. The number of benzene rings is 1. The predicted molar refractivity (Wildman–Crippen MR) is 66.7 cm³/mol. The number of aryl methyl sites for hydroxylation is 1. The number of hydrogen-bond acceptors (Lipinski definition) is 4. The van der Waals surface area contributed by atoms with E-state index in [2.05, 4.69) is 9.97 Å². The number of Topliss-reactive ketones (excluding diaryl/α,β-unsaturated/α-hetero) is 1. The molecule has 18 heavy (non-hydrogen) atoms. The van der Waals surface area contributed by atoms with Crippen LogP contribution in [0.1, 0.15) is 22.5 Å². The fourth-order valence-electron chi connectivity index (χ4n) is 2.17. The Labute approximate surface area is 105 Å². The molecular formula is C14H12N2O2. The summed E-state index contributed by atoms with van der Waals surface area (Å²) in [6.07, 6.45) is 2.87. The summed E-state index contributed by atoms with van der Waals surface area (Å²) in [4.78, 5) is 20.3. The van der Waals surface area contributed by atoms with Crippen LogP contribution < -0.4 is 4.74 Å². The maximum absolute atomic E-state index is 11.5. The highest BCUT2D eigenvalue weighted by Gasteiger charge is 2.22. The topological polar surface area (TPSA) is 52.1 Å². The van der Waals surface area contributed by atoms with Gasteiger partial charge >= 0.3 is 0 Å². The van der Waals surface area contributed by atoms with Crippen molar-refractivity contribution in [3.63, 3.8) is 0 Å². The zero-order valence-electron chi connectivity index (χ0n) is 10.0. The van der Waals surface area contributed by atoms with Crippen LogP contribution in [0.4, 0.5) is 0 Å². The average Bonchev–Trinajstić information content (AvgIpc) is 2.80. The van der Waals surface area contributed by atoms with E-state index in [0.29, 0.717) is 24.2 Å². The van der Waals surface area contributed by atoms with Gasteiger partial charge in [-0.1, -0.05) is 12.1 Å². The minimum atomic E-state index is 0.136. The quantitative estimate of drug-likeness (QED) is 0.808. The molecule has 0 saturated heterocycles. The van der Waals surface area contributed by atoms with Gasteiger partial charge in [0.15, 0.2) is 11.6 Å². The van der Waals surface area contributed by atoms with Crippen LogP contribution in [0.3, 0.4) is 0 Å². The van der Waals surface area contributed by atoms with Crippen molar-refractivity contribution in [3.05, 3.63) is 41.7 Å². The van der Waals surface area contributed by atoms with E-state index in [1.165, 1.54) is 0 Å². The number of methoxy groups -OCH3 is 1. The second-order valence-corrected chi connectivity index (χ2v) is 4.18. The van der Waals surface area contributed by atoms with Gasteiger partial charge in [0.2, 0.25) is 0 Å². The lowest BCUT2D eigenvalue weighted by atomic mass is 10.1. The molecule has 0 radical (unpaired) electrons. The third-order valence-electron chi connectivity index (χ3n) is 3.10. The molecule has 0 N–H and O–H groups in total. The molecule has 1 heterocycles. The van der Waals surface area contributed by atoms with E-state index >= 15 is 0 Å². The summed E-state index contributed by atoms with van der Waals surface area (Å²) >= 11 is 0. The lowest BCUT2D eigenvalue weighted by molar-refractivity contribution is 0.0994. The van der Waals surface area contributed by atoms with E-state index < -0.39 is 0 Å². The van der Waals surface area contributed by atoms with Crippen molar-refractivity contribution in [1.82, 2.24) is 9.97 Å². The Morgan fingerprint density at radius 3 is 2.83 bits per heavy atom. The van der Waals surface area contributed by atoms with Crippen molar-refractivity contribution in [2.24, 2.45) is 0 Å². The fraction of sp³-hybridized carbons (Fsp3) is 0.214. The van der Waals surface area contributed by atoms with Gasteiger partial charge in [-0.3, -0.25) is 4.79 Å². The highest BCUT2D eigenvalue weighted by atomic mass is 16.5. The minimum absolute atomic E-state index is 0.136. The summed E-state index contributed by atoms with van der Waals surface area (Å²) in [5.41, 5.74) is 2.35. The maximum Gasteiger partial charge on any atom is 0.166 e. The van der Waals surface area contributed by atoms with Gasteiger partial charge < -0.3 is 4.74 Å². The normalized spacial score (nSPS) is 13.5. The third-order valence-corrected chi connectivity index (χ3v) is 3.10. The van der Waals surface area contributed by atoms with Gasteiger partial charge in [0.1, 0.15) is 5.75 Å². The molecule has 1 aromatic heterocycles. The van der Waals surface area contributed by atoms with E-state index in [1.807, 2.05) is 24.3 Å². The molecule has 0 spiro atoms. The minimum Gasteiger partial charge on any atom is -0.496 e. The monoisotopic (exact) mass is 240 g/mol. The number of hydrogen-bond donors (Lipinski definition) is 0. The summed E-state index contributed by atoms with van der Waals surface area (Å²) in [6.45, 7) is 0. The summed E-state index contributed by atoms with van der Waals surface area (Å²) in [5.74, 6) is 1.49. The number of nitrogens with zero attached hydrogens (tertiary/aromatic N) is 2. The maximum atomic E-state index is 11.5. The van der Waals surface area contributed by atoms with Crippen molar-refractivity contribution in [2.75, 3.05) is 7.11 Å². The highest BCUT2D eigenvalue weighted by Crippen LogP contribution is 2.28. The number of carbonyl (C=O) groups excluding carboxylic acids is 1. The molecule has 1 aliphatic carbocycles. The Balaban J connectivity index is 2.11. The van der Waals surface area contributed by atoms with Crippen molar-refractivity contribution in [2.45, 2.75) is 12.8 Å². The van der Waals surface area contributed by atoms with Crippen LogP contribution >= 0.6 is 0 Å². The Hall–Kier alpha value is -2.23. The van der Waals surface area contributed by atoms with Gasteiger partial charge in [-0.05, 0) is 18.6 Å². The number of rotatable bonds is 2. The molecule has 3 rings (SSSR count). The first kappa shape index (κ1) is 10.9. The Morgan fingerprint density at radius 2 is 2.00 bits per heavy atom. The van der Waals surface area contributed by atoms with Gasteiger partial charge in [0.05, 0.1) is 23.9 Å². The number of fused-ring (bicyclic) bond motifs is 1. The highest BCUT2D eigenvalue weighted by molar-refractivity contribution is 5.99. The predicted octanol–water partition coefficient (Wildman–Crippen LogP) is 2.28. The second kappa shape index (κ2) is 4.22. The van der Waals surface area contributed by atoms with E-state index in [9.17, 15) is 4.79 Å². The molecule has 0 fully saturated rings. The smallest absolute Gasteiger partial charge is 0.166 e. The molecule has 4 nitrogen and oxygen atoms in total. The van der Waals surface area contributed by atoms with Crippen molar-refractivity contribution in [1.29, 1.82) is 0 Å². The molecule has 0 amide bonds. The van der Waals surface area contributed by atoms with Gasteiger partial charge in [-0.2, -0.15) is 0 Å². The standard InChI is InChI=1S/C14H12N2O2/c1-18-13-5-3-2-4-9(13)14-15-8-10-11(16-14)6-7-12(10)17/h2-5,8H,6-7H2,1H3. The summed E-state index contributed by atoms with van der Waals surface area (Å²) in [7, 11) is 1.62. The summed E-state index contributed by atoms with van der Waals surface area (Å²) < 4.78 is 5.29. The number of ketones is 1. The number of carbonyl (C=O) groups is 1. The van der Waals surface area contributed by atoms with Crippen LogP contribution in [0.25, 0.3) is 11.4 Å².